The standard InChI is InChI=1S/C18H19ClFNO2/c1-12-4-2-3-5-14(12)18(17-11-21-8-9-22-17)23-16-7-6-13(20)10-15(16)19/h2-7,10,17-18,21H,8-9,11H2,1H3/t17-,18?/m0/s1. The van der Waals surface area contributed by atoms with Crippen molar-refractivity contribution in [3.63, 3.8) is 0 Å². The van der Waals surface area contributed by atoms with Gasteiger partial charge in [-0.15, -0.1) is 0 Å². The number of halogens is 2. The van der Waals surface area contributed by atoms with Crippen molar-refractivity contribution in [1.82, 2.24) is 5.32 Å². The van der Waals surface area contributed by atoms with Crippen LogP contribution >= 0.6 is 11.6 Å². The molecule has 3 rings (SSSR count). The molecule has 0 radical (unpaired) electrons. The maximum atomic E-state index is 13.3. The van der Waals surface area contributed by atoms with Crippen LogP contribution in [0, 0.1) is 12.7 Å². The van der Waals surface area contributed by atoms with Crippen LogP contribution in [0.15, 0.2) is 42.5 Å². The maximum Gasteiger partial charge on any atom is 0.151 e. The van der Waals surface area contributed by atoms with Crippen LogP contribution in [0.1, 0.15) is 17.2 Å². The van der Waals surface area contributed by atoms with Crippen LogP contribution in [0.3, 0.4) is 0 Å². The van der Waals surface area contributed by atoms with Gasteiger partial charge in [0.1, 0.15) is 17.7 Å². The monoisotopic (exact) mass is 335 g/mol. The molecule has 23 heavy (non-hydrogen) atoms. The molecule has 2 aromatic rings. The number of hydrogen-bond acceptors (Lipinski definition) is 3. The predicted octanol–water partition coefficient (Wildman–Crippen LogP) is 3.90. The largest absolute Gasteiger partial charge is 0.481 e. The molecule has 0 spiro atoms. The first kappa shape index (κ1) is 16.2. The van der Waals surface area contributed by atoms with E-state index in [4.69, 9.17) is 21.1 Å². The molecule has 0 aromatic heterocycles. The van der Waals surface area contributed by atoms with Gasteiger partial charge in [0.15, 0.2) is 6.10 Å². The minimum Gasteiger partial charge on any atom is -0.481 e. The van der Waals surface area contributed by atoms with Crippen molar-refractivity contribution in [2.24, 2.45) is 0 Å². The van der Waals surface area contributed by atoms with Gasteiger partial charge in [-0.2, -0.15) is 0 Å². The number of benzene rings is 2. The lowest BCUT2D eigenvalue weighted by molar-refractivity contribution is -0.0434. The van der Waals surface area contributed by atoms with Crippen LogP contribution in [0.5, 0.6) is 5.75 Å². The smallest absolute Gasteiger partial charge is 0.151 e. The van der Waals surface area contributed by atoms with Gasteiger partial charge >= 0.3 is 0 Å². The summed E-state index contributed by atoms with van der Waals surface area (Å²) < 4.78 is 25.3. The van der Waals surface area contributed by atoms with E-state index in [1.807, 2.05) is 31.2 Å². The Morgan fingerprint density at radius 1 is 1.30 bits per heavy atom. The summed E-state index contributed by atoms with van der Waals surface area (Å²) in [4.78, 5) is 0. The van der Waals surface area contributed by atoms with Crippen molar-refractivity contribution in [2.45, 2.75) is 19.1 Å². The minimum absolute atomic E-state index is 0.133. The van der Waals surface area contributed by atoms with Crippen molar-refractivity contribution in [2.75, 3.05) is 19.7 Å². The van der Waals surface area contributed by atoms with E-state index in [-0.39, 0.29) is 23.0 Å². The second-order valence-electron chi connectivity index (χ2n) is 5.58. The number of rotatable bonds is 4. The Morgan fingerprint density at radius 3 is 2.83 bits per heavy atom. The number of ether oxygens (including phenoxy) is 2. The average Bonchev–Trinajstić information content (AvgIpc) is 2.56. The van der Waals surface area contributed by atoms with Gasteiger partial charge in [-0.1, -0.05) is 35.9 Å². The summed E-state index contributed by atoms with van der Waals surface area (Å²) >= 11 is 6.12. The molecule has 1 heterocycles. The van der Waals surface area contributed by atoms with Crippen molar-refractivity contribution < 1.29 is 13.9 Å². The zero-order chi connectivity index (χ0) is 16.2. The molecule has 5 heteroatoms. The fraction of sp³-hybridized carbons (Fsp3) is 0.333. The quantitative estimate of drug-likeness (QED) is 0.919. The van der Waals surface area contributed by atoms with Crippen LogP contribution in [0.4, 0.5) is 4.39 Å². The fourth-order valence-electron chi connectivity index (χ4n) is 2.73. The van der Waals surface area contributed by atoms with Gasteiger partial charge in [-0.3, -0.25) is 0 Å². The first-order valence-electron chi connectivity index (χ1n) is 7.64. The molecular formula is C18H19ClFNO2. The highest BCUT2D eigenvalue weighted by atomic mass is 35.5. The Labute approximate surface area is 140 Å². The van der Waals surface area contributed by atoms with Gasteiger partial charge in [0.05, 0.1) is 11.6 Å². The third kappa shape index (κ3) is 3.83. The second kappa shape index (κ2) is 7.30. The van der Waals surface area contributed by atoms with E-state index in [9.17, 15) is 4.39 Å². The van der Waals surface area contributed by atoms with Gasteiger partial charge in [0.25, 0.3) is 0 Å². The molecule has 122 valence electrons. The molecule has 0 bridgehead atoms. The lowest BCUT2D eigenvalue weighted by atomic mass is 9.98. The zero-order valence-corrected chi connectivity index (χ0v) is 13.6. The first-order chi connectivity index (χ1) is 11.1. The third-order valence-electron chi connectivity index (χ3n) is 3.94. The Morgan fingerprint density at radius 2 is 2.13 bits per heavy atom. The van der Waals surface area contributed by atoms with Gasteiger partial charge in [-0.05, 0) is 36.2 Å². The molecule has 1 N–H and O–H groups in total. The summed E-state index contributed by atoms with van der Waals surface area (Å²) in [6.07, 6.45) is -0.446. The molecule has 2 atom stereocenters. The molecule has 2 aromatic carbocycles. The van der Waals surface area contributed by atoms with E-state index in [2.05, 4.69) is 5.32 Å². The Bertz CT molecular complexity index is 674. The van der Waals surface area contributed by atoms with E-state index in [1.54, 1.807) is 6.07 Å². The Hall–Kier alpha value is -1.62. The fourth-order valence-corrected chi connectivity index (χ4v) is 2.95. The lowest BCUT2D eigenvalue weighted by Crippen LogP contribution is -2.43. The zero-order valence-electron chi connectivity index (χ0n) is 12.9. The van der Waals surface area contributed by atoms with Crippen LogP contribution in [0.2, 0.25) is 5.02 Å². The summed E-state index contributed by atoms with van der Waals surface area (Å²) in [7, 11) is 0. The topological polar surface area (TPSA) is 30.5 Å². The van der Waals surface area contributed by atoms with Crippen LogP contribution in [0.25, 0.3) is 0 Å². The van der Waals surface area contributed by atoms with Crippen molar-refractivity contribution in [3.8, 4) is 5.75 Å². The highest BCUT2D eigenvalue weighted by Gasteiger charge is 2.29. The van der Waals surface area contributed by atoms with Crippen molar-refractivity contribution in [3.05, 3.63) is 64.4 Å². The van der Waals surface area contributed by atoms with Gasteiger partial charge < -0.3 is 14.8 Å². The Balaban J connectivity index is 1.93. The summed E-state index contributed by atoms with van der Waals surface area (Å²) in [5.74, 6) is 0.0702. The molecule has 1 saturated heterocycles. The van der Waals surface area contributed by atoms with Crippen LogP contribution in [-0.2, 0) is 4.74 Å². The number of morpholine rings is 1. The molecule has 1 aliphatic rings. The summed E-state index contributed by atoms with van der Waals surface area (Å²) in [6, 6.07) is 12.2. The SMILES string of the molecule is Cc1ccccc1C(Oc1ccc(F)cc1Cl)[C@@H]1CNCCO1. The first-order valence-corrected chi connectivity index (χ1v) is 8.02. The molecule has 1 aliphatic heterocycles. The number of hydrogen-bond donors (Lipinski definition) is 1. The summed E-state index contributed by atoms with van der Waals surface area (Å²) in [5.41, 5.74) is 2.16. The van der Waals surface area contributed by atoms with E-state index >= 15 is 0 Å². The number of nitrogens with one attached hydrogen (secondary N) is 1. The lowest BCUT2D eigenvalue weighted by Gasteiger charge is -2.32. The van der Waals surface area contributed by atoms with E-state index in [0.29, 0.717) is 18.9 Å². The van der Waals surface area contributed by atoms with Gasteiger partial charge in [0, 0.05) is 13.1 Å². The normalized spacial score (nSPS) is 19.3. The Kier molecular flexibility index (Phi) is 5.16. The minimum atomic E-state index is -0.384. The molecule has 0 aliphatic carbocycles. The highest BCUT2D eigenvalue weighted by molar-refractivity contribution is 6.32. The second-order valence-corrected chi connectivity index (χ2v) is 5.99. The molecule has 0 saturated carbocycles. The molecular weight excluding hydrogens is 317 g/mol. The molecule has 0 amide bonds. The van der Waals surface area contributed by atoms with Crippen molar-refractivity contribution >= 4 is 11.6 Å². The van der Waals surface area contributed by atoms with E-state index in [1.165, 1.54) is 12.1 Å². The highest BCUT2D eigenvalue weighted by Crippen LogP contribution is 2.33. The predicted molar refractivity (Wildman–Crippen MR) is 88.6 cm³/mol. The number of aryl methyl sites for hydroxylation is 1. The summed E-state index contributed by atoms with van der Waals surface area (Å²) in [6.45, 7) is 4.19. The molecule has 1 fully saturated rings. The van der Waals surface area contributed by atoms with Crippen molar-refractivity contribution in [1.29, 1.82) is 0 Å². The van der Waals surface area contributed by atoms with Crippen LogP contribution in [-0.4, -0.2) is 25.8 Å². The molecule has 3 nitrogen and oxygen atoms in total. The van der Waals surface area contributed by atoms with Gasteiger partial charge in [0.2, 0.25) is 0 Å². The van der Waals surface area contributed by atoms with Gasteiger partial charge in [-0.25, -0.2) is 4.39 Å². The van der Waals surface area contributed by atoms with Crippen LogP contribution < -0.4 is 10.1 Å². The summed E-state index contributed by atoms with van der Waals surface area (Å²) in [5, 5.41) is 3.57. The van der Waals surface area contributed by atoms with E-state index < -0.39 is 0 Å². The average molecular weight is 336 g/mol. The molecule has 1 unspecified atom stereocenters. The van der Waals surface area contributed by atoms with E-state index in [0.717, 1.165) is 17.7 Å². The maximum absolute atomic E-state index is 13.3. The third-order valence-corrected chi connectivity index (χ3v) is 4.23.